The van der Waals surface area contributed by atoms with E-state index >= 15 is 0 Å². The Balaban J connectivity index is 4.10. The van der Waals surface area contributed by atoms with Crippen molar-refractivity contribution in [1.82, 2.24) is 10.6 Å². The Kier molecular flexibility index (Phi) is 6.88. The standard InChI is InChI=1S/C10H19N3O4/c1-3-4-12-9(16)6(2)13-10(17)7(11)5-8(14)15/h6-7H,3-5,11H2,1-2H3,(H,12,16)(H,13,17)(H,14,15). The zero-order valence-electron chi connectivity index (χ0n) is 10.0. The highest BCUT2D eigenvalue weighted by Gasteiger charge is 2.21. The number of carbonyl (C=O) groups is 3. The van der Waals surface area contributed by atoms with Crippen LogP contribution in [0.2, 0.25) is 0 Å². The Bertz CT molecular complexity index is 293. The Morgan fingerprint density at radius 2 is 1.88 bits per heavy atom. The van der Waals surface area contributed by atoms with Crippen molar-refractivity contribution in [3.8, 4) is 0 Å². The first kappa shape index (κ1) is 15.4. The van der Waals surface area contributed by atoms with Crippen molar-refractivity contribution in [2.75, 3.05) is 6.54 Å². The van der Waals surface area contributed by atoms with Gasteiger partial charge in [0.15, 0.2) is 0 Å². The quantitative estimate of drug-likeness (QED) is 0.450. The molecule has 0 rings (SSSR count). The van der Waals surface area contributed by atoms with Gasteiger partial charge in [-0.05, 0) is 13.3 Å². The highest BCUT2D eigenvalue weighted by atomic mass is 16.4. The molecule has 7 nitrogen and oxygen atoms in total. The van der Waals surface area contributed by atoms with Crippen LogP contribution in [0, 0.1) is 0 Å². The fraction of sp³-hybridized carbons (Fsp3) is 0.700. The van der Waals surface area contributed by atoms with Crippen LogP contribution in [-0.2, 0) is 14.4 Å². The molecule has 0 bridgehead atoms. The minimum atomic E-state index is -1.16. The molecular weight excluding hydrogens is 226 g/mol. The first-order chi connectivity index (χ1) is 7.88. The number of carbonyl (C=O) groups excluding carboxylic acids is 2. The van der Waals surface area contributed by atoms with Gasteiger partial charge in [0, 0.05) is 6.54 Å². The SMILES string of the molecule is CCCNC(=O)C(C)NC(=O)C(N)CC(=O)O. The molecule has 7 heteroatoms. The lowest BCUT2D eigenvalue weighted by atomic mass is 10.2. The number of hydrogen-bond acceptors (Lipinski definition) is 4. The second-order valence-electron chi connectivity index (χ2n) is 3.73. The minimum absolute atomic E-state index is 0.317. The molecule has 5 N–H and O–H groups in total. The average Bonchev–Trinajstić information content (AvgIpc) is 2.24. The van der Waals surface area contributed by atoms with Gasteiger partial charge in [0.25, 0.3) is 0 Å². The lowest BCUT2D eigenvalue weighted by molar-refractivity contribution is -0.139. The molecule has 0 saturated heterocycles. The number of hydrogen-bond donors (Lipinski definition) is 4. The van der Waals surface area contributed by atoms with Gasteiger partial charge in [-0.3, -0.25) is 14.4 Å². The maximum Gasteiger partial charge on any atom is 0.305 e. The summed E-state index contributed by atoms with van der Waals surface area (Å²) in [6, 6.07) is -1.87. The summed E-state index contributed by atoms with van der Waals surface area (Å²) in [7, 11) is 0. The Morgan fingerprint density at radius 3 is 2.35 bits per heavy atom. The van der Waals surface area contributed by atoms with Crippen molar-refractivity contribution in [1.29, 1.82) is 0 Å². The number of carboxylic acids is 1. The van der Waals surface area contributed by atoms with Crippen LogP contribution in [-0.4, -0.2) is 41.5 Å². The predicted octanol–water partition coefficient (Wildman–Crippen LogP) is -1.18. The third-order valence-electron chi connectivity index (χ3n) is 2.03. The van der Waals surface area contributed by atoms with E-state index in [0.29, 0.717) is 6.54 Å². The topological polar surface area (TPSA) is 122 Å². The smallest absolute Gasteiger partial charge is 0.305 e. The van der Waals surface area contributed by atoms with E-state index < -0.39 is 30.4 Å². The van der Waals surface area contributed by atoms with Gasteiger partial charge in [0.1, 0.15) is 6.04 Å². The molecule has 0 spiro atoms. The predicted molar refractivity (Wildman–Crippen MR) is 61.1 cm³/mol. The van der Waals surface area contributed by atoms with Crippen LogP contribution in [0.1, 0.15) is 26.7 Å². The Hall–Kier alpha value is -1.63. The van der Waals surface area contributed by atoms with Gasteiger partial charge in [-0.1, -0.05) is 6.92 Å². The Morgan fingerprint density at radius 1 is 1.29 bits per heavy atom. The van der Waals surface area contributed by atoms with Crippen LogP contribution >= 0.6 is 0 Å². The molecule has 0 aliphatic heterocycles. The molecule has 0 aliphatic rings. The molecule has 98 valence electrons. The minimum Gasteiger partial charge on any atom is -0.481 e. The molecule has 0 aromatic rings. The van der Waals surface area contributed by atoms with Gasteiger partial charge in [-0.25, -0.2) is 0 Å². The molecule has 17 heavy (non-hydrogen) atoms. The molecule has 0 aliphatic carbocycles. The van der Waals surface area contributed by atoms with E-state index in [2.05, 4.69) is 10.6 Å². The second-order valence-corrected chi connectivity index (χ2v) is 3.73. The maximum absolute atomic E-state index is 11.4. The van der Waals surface area contributed by atoms with E-state index in [1.54, 1.807) is 0 Å². The number of nitrogens with two attached hydrogens (primary N) is 1. The van der Waals surface area contributed by atoms with Crippen LogP contribution in [0.3, 0.4) is 0 Å². The van der Waals surface area contributed by atoms with Crippen LogP contribution in [0.4, 0.5) is 0 Å². The third-order valence-corrected chi connectivity index (χ3v) is 2.03. The first-order valence-corrected chi connectivity index (χ1v) is 5.44. The fourth-order valence-electron chi connectivity index (χ4n) is 1.07. The third kappa shape index (κ3) is 6.52. The lowest BCUT2D eigenvalue weighted by Crippen LogP contribution is -2.50. The zero-order chi connectivity index (χ0) is 13.4. The van der Waals surface area contributed by atoms with Crippen molar-refractivity contribution in [2.24, 2.45) is 5.73 Å². The molecule has 2 unspecified atom stereocenters. The molecular formula is C10H19N3O4. The molecule has 2 amide bonds. The lowest BCUT2D eigenvalue weighted by Gasteiger charge is -2.16. The van der Waals surface area contributed by atoms with Crippen LogP contribution in [0.25, 0.3) is 0 Å². The van der Waals surface area contributed by atoms with Crippen molar-refractivity contribution in [3.63, 3.8) is 0 Å². The van der Waals surface area contributed by atoms with E-state index in [-0.39, 0.29) is 5.91 Å². The second kappa shape index (κ2) is 7.61. The molecule has 0 fully saturated rings. The normalized spacial score (nSPS) is 13.6. The summed E-state index contributed by atoms with van der Waals surface area (Å²) in [6.07, 6.45) is 0.333. The van der Waals surface area contributed by atoms with Crippen molar-refractivity contribution in [3.05, 3.63) is 0 Å². The number of aliphatic carboxylic acids is 1. The van der Waals surface area contributed by atoms with Gasteiger partial charge in [-0.15, -0.1) is 0 Å². The van der Waals surface area contributed by atoms with E-state index in [0.717, 1.165) is 6.42 Å². The molecule has 2 atom stereocenters. The van der Waals surface area contributed by atoms with Crippen LogP contribution < -0.4 is 16.4 Å². The van der Waals surface area contributed by atoms with Crippen molar-refractivity contribution >= 4 is 17.8 Å². The van der Waals surface area contributed by atoms with Gasteiger partial charge in [0.2, 0.25) is 11.8 Å². The number of amides is 2. The zero-order valence-corrected chi connectivity index (χ0v) is 10.0. The fourth-order valence-corrected chi connectivity index (χ4v) is 1.07. The summed E-state index contributed by atoms with van der Waals surface area (Å²) in [5.41, 5.74) is 5.34. The summed E-state index contributed by atoms with van der Waals surface area (Å²) >= 11 is 0. The molecule has 0 heterocycles. The molecule has 0 saturated carbocycles. The van der Waals surface area contributed by atoms with Gasteiger partial charge in [-0.2, -0.15) is 0 Å². The van der Waals surface area contributed by atoms with E-state index in [1.165, 1.54) is 6.92 Å². The highest BCUT2D eigenvalue weighted by molar-refractivity contribution is 5.91. The van der Waals surface area contributed by atoms with Gasteiger partial charge < -0.3 is 21.5 Å². The van der Waals surface area contributed by atoms with Gasteiger partial charge >= 0.3 is 5.97 Å². The van der Waals surface area contributed by atoms with Crippen molar-refractivity contribution < 1.29 is 19.5 Å². The number of rotatable bonds is 7. The number of nitrogens with one attached hydrogen (secondary N) is 2. The maximum atomic E-state index is 11.4. The Labute approximate surface area is 99.7 Å². The van der Waals surface area contributed by atoms with Crippen LogP contribution in [0.5, 0.6) is 0 Å². The first-order valence-electron chi connectivity index (χ1n) is 5.44. The van der Waals surface area contributed by atoms with Crippen LogP contribution in [0.15, 0.2) is 0 Å². The van der Waals surface area contributed by atoms with E-state index in [9.17, 15) is 14.4 Å². The van der Waals surface area contributed by atoms with E-state index in [4.69, 9.17) is 10.8 Å². The van der Waals surface area contributed by atoms with E-state index in [1.807, 2.05) is 6.92 Å². The number of carboxylic acid groups (broad SMARTS) is 1. The summed E-state index contributed by atoms with van der Waals surface area (Å²) in [5.74, 6) is -2.12. The van der Waals surface area contributed by atoms with Gasteiger partial charge in [0.05, 0.1) is 12.5 Å². The average molecular weight is 245 g/mol. The molecule has 0 aromatic carbocycles. The summed E-state index contributed by atoms with van der Waals surface area (Å²) < 4.78 is 0. The summed E-state index contributed by atoms with van der Waals surface area (Å²) in [5, 5.41) is 13.4. The largest absolute Gasteiger partial charge is 0.481 e. The summed E-state index contributed by atoms with van der Waals surface area (Å²) in [4.78, 5) is 33.1. The monoisotopic (exact) mass is 245 g/mol. The molecule has 0 aromatic heterocycles. The van der Waals surface area contributed by atoms with Crippen molar-refractivity contribution in [2.45, 2.75) is 38.8 Å². The molecule has 0 radical (unpaired) electrons. The summed E-state index contributed by atoms with van der Waals surface area (Å²) in [6.45, 7) is 3.95. The highest BCUT2D eigenvalue weighted by Crippen LogP contribution is 1.91.